The lowest BCUT2D eigenvalue weighted by Crippen LogP contribution is -2.44. The van der Waals surface area contributed by atoms with Gasteiger partial charge in [0, 0.05) is 18.8 Å². The van der Waals surface area contributed by atoms with Crippen molar-refractivity contribution in [1.82, 2.24) is 4.98 Å². The van der Waals surface area contributed by atoms with Crippen LogP contribution in [0.15, 0.2) is 24.5 Å². The molecule has 2 heterocycles. The highest BCUT2D eigenvalue weighted by molar-refractivity contribution is 7.91. The van der Waals surface area contributed by atoms with E-state index in [9.17, 15) is 13.5 Å². The molecule has 0 bridgehead atoms. The van der Waals surface area contributed by atoms with Crippen LogP contribution in [0.3, 0.4) is 0 Å². The Labute approximate surface area is 95.3 Å². The maximum atomic E-state index is 11.5. The summed E-state index contributed by atoms with van der Waals surface area (Å²) in [6.07, 6.45) is 4.77. The SMILES string of the molecule is O=S1(=O)CCCC(O)(Cc2cccnc2)C1. The van der Waals surface area contributed by atoms with Gasteiger partial charge < -0.3 is 5.11 Å². The number of aliphatic hydroxyl groups is 1. The van der Waals surface area contributed by atoms with Crippen molar-refractivity contribution in [2.75, 3.05) is 11.5 Å². The molecule has 1 aliphatic rings. The lowest BCUT2D eigenvalue weighted by Gasteiger charge is -2.31. The molecule has 1 fully saturated rings. The molecular weight excluding hydrogens is 226 g/mol. The van der Waals surface area contributed by atoms with E-state index < -0.39 is 15.4 Å². The molecule has 1 aliphatic heterocycles. The average Bonchev–Trinajstić information content (AvgIpc) is 2.16. The average molecular weight is 241 g/mol. The molecule has 0 radical (unpaired) electrons. The summed E-state index contributed by atoms with van der Waals surface area (Å²) in [4.78, 5) is 3.96. The third kappa shape index (κ3) is 2.80. The van der Waals surface area contributed by atoms with Crippen LogP contribution in [0.4, 0.5) is 0 Å². The second kappa shape index (κ2) is 4.14. The number of nitrogens with zero attached hydrogens (tertiary/aromatic N) is 1. The fraction of sp³-hybridized carbons (Fsp3) is 0.545. The van der Waals surface area contributed by atoms with Crippen LogP contribution >= 0.6 is 0 Å². The molecule has 1 N–H and O–H groups in total. The highest BCUT2D eigenvalue weighted by atomic mass is 32.2. The number of pyridine rings is 1. The largest absolute Gasteiger partial charge is 0.388 e. The first-order valence-corrected chi connectivity index (χ1v) is 7.13. The van der Waals surface area contributed by atoms with Crippen molar-refractivity contribution in [3.05, 3.63) is 30.1 Å². The molecule has 88 valence electrons. The van der Waals surface area contributed by atoms with Gasteiger partial charge in [0.15, 0.2) is 9.84 Å². The summed E-state index contributed by atoms with van der Waals surface area (Å²) in [7, 11) is -3.08. The fourth-order valence-electron chi connectivity index (χ4n) is 2.20. The van der Waals surface area contributed by atoms with Gasteiger partial charge in [-0.1, -0.05) is 6.07 Å². The van der Waals surface area contributed by atoms with Crippen LogP contribution in [0.25, 0.3) is 0 Å². The van der Waals surface area contributed by atoms with Crippen LogP contribution in [0.5, 0.6) is 0 Å². The molecule has 1 saturated heterocycles. The molecule has 1 unspecified atom stereocenters. The van der Waals surface area contributed by atoms with E-state index in [0.29, 0.717) is 19.3 Å². The predicted octanol–water partition coefficient (Wildman–Crippen LogP) is 0.564. The zero-order valence-electron chi connectivity index (χ0n) is 8.96. The quantitative estimate of drug-likeness (QED) is 0.821. The Morgan fingerprint density at radius 3 is 2.94 bits per heavy atom. The topological polar surface area (TPSA) is 67.3 Å². The zero-order chi connectivity index (χ0) is 11.6. The number of sulfone groups is 1. The van der Waals surface area contributed by atoms with E-state index in [1.54, 1.807) is 18.5 Å². The minimum Gasteiger partial charge on any atom is -0.388 e. The van der Waals surface area contributed by atoms with Gasteiger partial charge in [-0.2, -0.15) is 0 Å². The van der Waals surface area contributed by atoms with Crippen LogP contribution in [-0.4, -0.2) is 35.6 Å². The van der Waals surface area contributed by atoms with Crippen molar-refractivity contribution >= 4 is 9.84 Å². The minimum atomic E-state index is -3.08. The predicted molar refractivity (Wildman–Crippen MR) is 60.8 cm³/mol. The maximum absolute atomic E-state index is 11.5. The van der Waals surface area contributed by atoms with Gasteiger partial charge in [-0.15, -0.1) is 0 Å². The van der Waals surface area contributed by atoms with Crippen LogP contribution in [-0.2, 0) is 16.3 Å². The standard InChI is InChI=1S/C11H15NO3S/c13-11(4-2-6-16(14,15)9-11)7-10-3-1-5-12-8-10/h1,3,5,8,13H,2,4,6-7,9H2. The normalized spacial score (nSPS) is 28.8. The first-order chi connectivity index (χ1) is 7.49. The third-order valence-corrected chi connectivity index (χ3v) is 4.73. The number of rotatable bonds is 2. The highest BCUT2D eigenvalue weighted by Crippen LogP contribution is 2.26. The van der Waals surface area contributed by atoms with Crippen LogP contribution in [0.2, 0.25) is 0 Å². The molecule has 16 heavy (non-hydrogen) atoms. The number of aromatic nitrogens is 1. The van der Waals surface area contributed by atoms with Crippen molar-refractivity contribution in [1.29, 1.82) is 0 Å². The van der Waals surface area contributed by atoms with E-state index in [-0.39, 0.29) is 11.5 Å². The van der Waals surface area contributed by atoms with Gasteiger partial charge in [0.25, 0.3) is 0 Å². The van der Waals surface area contributed by atoms with E-state index in [0.717, 1.165) is 5.56 Å². The molecule has 1 aromatic rings. The Morgan fingerprint density at radius 1 is 1.50 bits per heavy atom. The molecule has 5 heteroatoms. The van der Waals surface area contributed by atoms with Crippen LogP contribution < -0.4 is 0 Å². The second-order valence-electron chi connectivity index (χ2n) is 4.46. The molecule has 1 aromatic heterocycles. The first-order valence-electron chi connectivity index (χ1n) is 5.31. The van der Waals surface area contributed by atoms with E-state index in [1.165, 1.54) is 0 Å². The minimum absolute atomic E-state index is 0.130. The summed E-state index contributed by atoms with van der Waals surface area (Å²) in [6.45, 7) is 0. The van der Waals surface area contributed by atoms with Crippen LogP contribution in [0.1, 0.15) is 18.4 Å². The van der Waals surface area contributed by atoms with Crippen molar-refractivity contribution in [3.8, 4) is 0 Å². The van der Waals surface area contributed by atoms with E-state index in [4.69, 9.17) is 0 Å². The summed E-state index contributed by atoms with van der Waals surface area (Å²) >= 11 is 0. The van der Waals surface area contributed by atoms with Crippen molar-refractivity contribution in [2.24, 2.45) is 0 Å². The lowest BCUT2D eigenvalue weighted by atomic mass is 9.92. The molecule has 0 spiro atoms. The first kappa shape index (κ1) is 11.5. The summed E-state index contributed by atoms with van der Waals surface area (Å²) in [5.41, 5.74) is -0.234. The smallest absolute Gasteiger partial charge is 0.153 e. The van der Waals surface area contributed by atoms with Gasteiger partial charge in [-0.3, -0.25) is 4.98 Å². The Balaban J connectivity index is 2.14. The molecule has 2 rings (SSSR count). The van der Waals surface area contributed by atoms with Gasteiger partial charge in [0.2, 0.25) is 0 Å². The summed E-state index contributed by atoms with van der Waals surface area (Å²) in [5, 5.41) is 10.3. The Kier molecular flexibility index (Phi) is 2.99. The molecule has 0 aliphatic carbocycles. The van der Waals surface area contributed by atoms with Crippen LogP contribution in [0, 0.1) is 0 Å². The van der Waals surface area contributed by atoms with Gasteiger partial charge in [-0.05, 0) is 24.5 Å². The Hall–Kier alpha value is -0.940. The highest BCUT2D eigenvalue weighted by Gasteiger charge is 2.37. The maximum Gasteiger partial charge on any atom is 0.153 e. The van der Waals surface area contributed by atoms with Gasteiger partial charge in [0.05, 0.1) is 17.1 Å². The molecule has 0 saturated carbocycles. The Morgan fingerprint density at radius 2 is 2.31 bits per heavy atom. The van der Waals surface area contributed by atoms with Crippen molar-refractivity contribution < 1.29 is 13.5 Å². The summed E-state index contributed by atoms with van der Waals surface area (Å²) < 4.78 is 23.0. The van der Waals surface area contributed by atoms with Gasteiger partial charge >= 0.3 is 0 Å². The van der Waals surface area contributed by atoms with Gasteiger partial charge in [0.1, 0.15) is 0 Å². The molecule has 0 aromatic carbocycles. The van der Waals surface area contributed by atoms with Gasteiger partial charge in [-0.25, -0.2) is 8.42 Å². The summed E-state index contributed by atoms with van der Waals surface area (Å²) in [5.74, 6) is 0.0667. The van der Waals surface area contributed by atoms with E-state index in [2.05, 4.69) is 4.98 Å². The zero-order valence-corrected chi connectivity index (χ0v) is 9.78. The van der Waals surface area contributed by atoms with E-state index >= 15 is 0 Å². The number of hydrogen-bond acceptors (Lipinski definition) is 4. The molecule has 4 nitrogen and oxygen atoms in total. The third-order valence-electron chi connectivity index (χ3n) is 2.84. The fourth-order valence-corrected chi connectivity index (χ4v) is 3.99. The monoisotopic (exact) mass is 241 g/mol. The number of hydrogen-bond donors (Lipinski definition) is 1. The van der Waals surface area contributed by atoms with Crippen molar-refractivity contribution in [2.45, 2.75) is 24.9 Å². The lowest BCUT2D eigenvalue weighted by molar-refractivity contribution is 0.0502. The molecular formula is C11H15NO3S. The second-order valence-corrected chi connectivity index (χ2v) is 6.64. The van der Waals surface area contributed by atoms with Crippen molar-refractivity contribution in [3.63, 3.8) is 0 Å². The van der Waals surface area contributed by atoms with E-state index in [1.807, 2.05) is 6.07 Å². The molecule has 1 atom stereocenters. The summed E-state index contributed by atoms with van der Waals surface area (Å²) in [6, 6.07) is 3.64. The Bertz CT molecular complexity index is 457. The molecule has 0 amide bonds.